The van der Waals surface area contributed by atoms with Crippen molar-refractivity contribution in [3.8, 4) is 0 Å². The van der Waals surface area contributed by atoms with E-state index in [9.17, 15) is 0 Å². The topological polar surface area (TPSA) is 16.1 Å². The molecule has 0 bridgehead atoms. The maximum Gasteiger partial charge on any atom is 0.136 e. The summed E-state index contributed by atoms with van der Waals surface area (Å²) in [5, 5.41) is 2.51. The van der Waals surface area contributed by atoms with Crippen LogP contribution in [0.2, 0.25) is 0 Å². The predicted octanol–water partition coefficient (Wildman–Crippen LogP) is 3.60. The second-order valence-corrected chi connectivity index (χ2v) is 5.11. The van der Waals surface area contributed by atoms with Gasteiger partial charge in [-0.05, 0) is 42.5 Å². The molecule has 0 aliphatic carbocycles. The van der Waals surface area contributed by atoms with Crippen LogP contribution in [0.3, 0.4) is 0 Å². The number of anilines is 1. The first-order chi connectivity index (χ1) is 7.84. The molecule has 16 heavy (non-hydrogen) atoms. The molecular weight excluding hydrogens is 264 g/mol. The summed E-state index contributed by atoms with van der Waals surface area (Å²) in [5.41, 5.74) is 0. The van der Waals surface area contributed by atoms with Gasteiger partial charge in [0.2, 0.25) is 0 Å². The molecule has 82 valence electrons. The molecule has 2 heterocycles. The number of hydrogen-bond acceptors (Lipinski definition) is 2. The minimum Gasteiger partial charge on any atom is -0.356 e. The summed E-state index contributed by atoms with van der Waals surface area (Å²) < 4.78 is 1.12. The fourth-order valence-corrected chi connectivity index (χ4v) is 2.69. The molecule has 2 aromatic rings. The van der Waals surface area contributed by atoms with E-state index in [2.05, 4.69) is 50.1 Å². The number of fused-ring (bicyclic) bond motifs is 1. The maximum atomic E-state index is 4.53. The second kappa shape index (κ2) is 4.06. The molecule has 1 aromatic heterocycles. The Morgan fingerprint density at radius 2 is 1.94 bits per heavy atom. The van der Waals surface area contributed by atoms with Crippen LogP contribution in [-0.2, 0) is 0 Å². The Labute approximate surface area is 103 Å². The number of pyridine rings is 1. The molecule has 0 spiro atoms. The summed E-state index contributed by atoms with van der Waals surface area (Å²) in [6.45, 7) is 2.28. The number of rotatable bonds is 1. The van der Waals surface area contributed by atoms with Crippen LogP contribution in [0.1, 0.15) is 12.8 Å². The van der Waals surface area contributed by atoms with Crippen LogP contribution in [0, 0.1) is 0 Å². The van der Waals surface area contributed by atoms with E-state index in [1.54, 1.807) is 0 Å². The van der Waals surface area contributed by atoms with Crippen molar-refractivity contribution in [2.24, 2.45) is 0 Å². The highest BCUT2D eigenvalue weighted by Gasteiger charge is 2.15. The zero-order valence-corrected chi connectivity index (χ0v) is 10.6. The monoisotopic (exact) mass is 276 g/mol. The lowest BCUT2D eigenvalue weighted by Crippen LogP contribution is -2.19. The van der Waals surface area contributed by atoms with Crippen molar-refractivity contribution in [1.29, 1.82) is 0 Å². The highest BCUT2D eigenvalue weighted by Crippen LogP contribution is 2.28. The summed E-state index contributed by atoms with van der Waals surface area (Å²) >= 11 is 3.51. The van der Waals surface area contributed by atoms with Crippen LogP contribution in [0.15, 0.2) is 34.9 Å². The molecule has 0 radical (unpaired) electrons. The summed E-state index contributed by atoms with van der Waals surface area (Å²) in [6, 6.07) is 8.46. The number of aromatic nitrogens is 1. The van der Waals surface area contributed by atoms with Crippen LogP contribution >= 0.6 is 15.9 Å². The molecule has 3 rings (SSSR count). The van der Waals surface area contributed by atoms with E-state index in [0.717, 1.165) is 23.4 Å². The van der Waals surface area contributed by atoms with Gasteiger partial charge in [-0.1, -0.05) is 15.9 Å². The third-order valence-corrected chi connectivity index (χ3v) is 3.60. The lowest BCUT2D eigenvalue weighted by molar-refractivity contribution is 0.946. The smallest absolute Gasteiger partial charge is 0.136 e. The van der Waals surface area contributed by atoms with Gasteiger partial charge in [-0.15, -0.1) is 0 Å². The Morgan fingerprint density at radius 1 is 1.12 bits per heavy atom. The van der Waals surface area contributed by atoms with Crippen molar-refractivity contribution in [1.82, 2.24) is 4.98 Å². The minimum absolute atomic E-state index is 1.12. The molecule has 1 fully saturated rings. The molecule has 1 saturated heterocycles. The summed E-state index contributed by atoms with van der Waals surface area (Å²) in [4.78, 5) is 6.91. The molecule has 1 aliphatic heterocycles. The van der Waals surface area contributed by atoms with Gasteiger partial charge in [0.25, 0.3) is 0 Å². The standard InChI is InChI=1S/C13H13BrN2/c14-11-3-4-12-10(9-11)5-6-15-13(12)16-7-1-2-8-16/h3-6,9H,1-2,7-8H2. The quantitative estimate of drug-likeness (QED) is 0.791. The van der Waals surface area contributed by atoms with Gasteiger partial charge in [0.15, 0.2) is 0 Å². The fourth-order valence-electron chi connectivity index (χ4n) is 2.31. The SMILES string of the molecule is Brc1ccc2c(N3CCCC3)nccc2c1. The van der Waals surface area contributed by atoms with E-state index in [-0.39, 0.29) is 0 Å². The molecular formula is C13H13BrN2. The first kappa shape index (κ1) is 10.1. The van der Waals surface area contributed by atoms with Crippen molar-refractivity contribution in [2.75, 3.05) is 18.0 Å². The van der Waals surface area contributed by atoms with Gasteiger partial charge in [0, 0.05) is 29.1 Å². The molecule has 3 heteroatoms. The van der Waals surface area contributed by atoms with Gasteiger partial charge in [-0.2, -0.15) is 0 Å². The zero-order chi connectivity index (χ0) is 11.0. The Balaban J connectivity index is 2.16. The summed E-state index contributed by atoms with van der Waals surface area (Å²) in [6.07, 6.45) is 4.48. The van der Waals surface area contributed by atoms with E-state index in [4.69, 9.17) is 0 Å². The van der Waals surface area contributed by atoms with Gasteiger partial charge >= 0.3 is 0 Å². The maximum absolute atomic E-state index is 4.53. The Morgan fingerprint density at radius 3 is 2.75 bits per heavy atom. The second-order valence-electron chi connectivity index (χ2n) is 4.19. The first-order valence-corrected chi connectivity index (χ1v) is 6.43. The van der Waals surface area contributed by atoms with Gasteiger partial charge in [0.05, 0.1) is 0 Å². The molecule has 0 amide bonds. The van der Waals surface area contributed by atoms with Gasteiger partial charge in [-0.3, -0.25) is 0 Å². The lowest BCUT2D eigenvalue weighted by Gasteiger charge is -2.18. The summed E-state index contributed by atoms with van der Waals surface area (Å²) in [7, 11) is 0. The van der Waals surface area contributed by atoms with E-state index >= 15 is 0 Å². The molecule has 1 aliphatic rings. The van der Waals surface area contributed by atoms with E-state index in [1.165, 1.54) is 23.6 Å². The minimum atomic E-state index is 1.12. The third-order valence-electron chi connectivity index (χ3n) is 3.11. The van der Waals surface area contributed by atoms with Crippen LogP contribution in [0.25, 0.3) is 10.8 Å². The number of benzene rings is 1. The first-order valence-electron chi connectivity index (χ1n) is 5.64. The molecule has 0 saturated carbocycles. The average Bonchev–Trinajstić information content (AvgIpc) is 2.81. The average molecular weight is 277 g/mol. The predicted molar refractivity (Wildman–Crippen MR) is 70.9 cm³/mol. The Bertz CT molecular complexity index is 518. The van der Waals surface area contributed by atoms with Crippen molar-refractivity contribution in [2.45, 2.75) is 12.8 Å². The van der Waals surface area contributed by atoms with Crippen molar-refractivity contribution >= 4 is 32.5 Å². The lowest BCUT2D eigenvalue weighted by atomic mass is 10.1. The van der Waals surface area contributed by atoms with Crippen molar-refractivity contribution in [3.05, 3.63) is 34.9 Å². The van der Waals surface area contributed by atoms with Crippen LogP contribution in [-0.4, -0.2) is 18.1 Å². The number of hydrogen-bond donors (Lipinski definition) is 0. The van der Waals surface area contributed by atoms with Gasteiger partial charge < -0.3 is 4.90 Å². The van der Waals surface area contributed by atoms with E-state index < -0.39 is 0 Å². The molecule has 0 unspecified atom stereocenters. The normalized spacial score (nSPS) is 15.9. The molecule has 0 atom stereocenters. The van der Waals surface area contributed by atoms with Gasteiger partial charge in [0.1, 0.15) is 5.82 Å². The highest BCUT2D eigenvalue weighted by atomic mass is 79.9. The Hall–Kier alpha value is -1.09. The Kier molecular flexibility index (Phi) is 2.56. The van der Waals surface area contributed by atoms with Crippen molar-refractivity contribution in [3.63, 3.8) is 0 Å². The van der Waals surface area contributed by atoms with Crippen molar-refractivity contribution < 1.29 is 0 Å². The molecule has 1 aromatic carbocycles. The molecule has 0 N–H and O–H groups in total. The largest absolute Gasteiger partial charge is 0.356 e. The molecule has 2 nitrogen and oxygen atoms in total. The van der Waals surface area contributed by atoms with Crippen LogP contribution in [0.5, 0.6) is 0 Å². The zero-order valence-electron chi connectivity index (χ0n) is 8.99. The van der Waals surface area contributed by atoms with Crippen LogP contribution < -0.4 is 4.90 Å². The van der Waals surface area contributed by atoms with Crippen LogP contribution in [0.4, 0.5) is 5.82 Å². The summed E-state index contributed by atoms with van der Waals surface area (Å²) in [5.74, 6) is 1.14. The van der Waals surface area contributed by atoms with Gasteiger partial charge in [-0.25, -0.2) is 4.98 Å². The third kappa shape index (κ3) is 1.69. The van der Waals surface area contributed by atoms with E-state index in [1.807, 2.05) is 6.20 Å². The number of halogens is 1. The fraction of sp³-hybridized carbons (Fsp3) is 0.308. The highest BCUT2D eigenvalue weighted by molar-refractivity contribution is 9.10. The number of nitrogens with zero attached hydrogens (tertiary/aromatic N) is 2. The van der Waals surface area contributed by atoms with E-state index in [0.29, 0.717) is 0 Å².